The van der Waals surface area contributed by atoms with Gasteiger partial charge < -0.3 is 9.38 Å². The summed E-state index contributed by atoms with van der Waals surface area (Å²) in [6.07, 6.45) is 14.5. The molecule has 0 heterocycles. The van der Waals surface area contributed by atoms with Gasteiger partial charge in [0.1, 0.15) is 13.2 Å². The Balaban J connectivity index is 3.61. The largest absolute Gasteiger partial charge is 0.472 e. The van der Waals surface area contributed by atoms with Crippen molar-refractivity contribution in [1.82, 2.24) is 0 Å². The fourth-order valence-electron chi connectivity index (χ4n) is 4.13. The zero-order valence-electron chi connectivity index (χ0n) is 24.6. The molecule has 35 heavy (non-hydrogen) atoms. The molecular weight excluding hydrogens is 477 g/mol. The van der Waals surface area contributed by atoms with Crippen LogP contribution in [-0.4, -0.2) is 61.8 Å². The summed E-state index contributed by atoms with van der Waals surface area (Å²) in [6.45, 7) is 13.1. The van der Waals surface area contributed by atoms with Crippen LogP contribution < -0.4 is 0 Å². The summed E-state index contributed by atoms with van der Waals surface area (Å²) in [5, 5.41) is 0. The number of rotatable bonds is 24. The van der Waals surface area contributed by atoms with E-state index in [1.807, 2.05) is 32.9 Å². The summed E-state index contributed by atoms with van der Waals surface area (Å²) in [5.74, 6) is 5.49. The Labute approximate surface area is 223 Å². The van der Waals surface area contributed by atoms with Crippen LogP contribution in [0.2, 0.25) is 0 Å². The molecule has 0 aliphatic rings. The Morgan fingerprint density at radius 1 is 0.686 bits per heavy atom. The maximum atomic E-state index is 11.9. The van der Waals surface area contributed by atoms with Gasteiger partial charge in [-0.15, -0.1) is 0 Å². The second-order valence-electron chi connectivity index (χ2n) is 12.4. The van der Waals surface area contributed by atoms with Gasteiger partial charge >= 0.3 is 7.82 Å². The molecule has 0 aromatic carbocycles. The van der Waals surface area contributed by atoms with Crippen molar-refractivity contribution in [3.05, 3.63) is 0 Å². The highest BCUT2D eigenvalue weighted by molar-refractivity contribution is 7.99. The van der Waals surface area contributed by atoms with Crippen LogP contribution in [0.5, 0.6) is 0 Å². The smallest absolute Gasteiger partial charge is 0.329 e. The average molecular weight is 539 g/mol. The lowest BCUT2D eigenvalue weighted by molar-refractivity contribution is -0.870. The molecule has 0 aliphatic heterocycles. The van der Waals surface area contributed by atoms with Crippen LogP contribution in [0.25, 0.3) is 0 Å². The molecule has 0 rings (SSSR count). The summed E-state index contributed by atoms with van der Waals surface area (Å²) in [5.41, 5.74) is 0. The Hall–Kier alpha value is 0.420. The van der Waals surface area contributed by atoms with E-state index in [2.05, 4.69) is 34.6 Å². The average Bonchev–Trinajstić information content (AvgIpc) is 2.71. The zero-order valence-corrected chi connectivity index (χ0v) is 26.3. The first-order valence-electron chi connectivity index (χ1n) is 14.3. The molecule has 0 aliphatic carbocycles. The zero-order chi connectivity index (χ0) is 26.7. The van der Waals surface area contributed by atoms with Crippen LogP contribution in [0.4, 0.5) is 0 Å². The maximum absolute atomic E-state index is 11.9. The van der Waals surface area contributed by atoms with Gasteiger partial charge in [0.2, 0.25) is 0 Å². The van der Waals surface area contributed by atoms with Crippen LogP contribution in [-0.2, 0) is 13.6 Å². The molecule has 0 aromatic heterocycles. The first kappa shape index (κ1) is 35.4. The summed E-state index contributed by atoms with van der Waals surface area (Å²) in [6, 6.07) is 0. The number of phosphoric ester groups is 1. The topological polar surface area (TPSA) is 55.8 Å². The van der Waals surface area contributed by atoms with E-state index < -0.39 is 7.82 Å². The molecule has 0 bridgehead atoms. The SMILES string of the molecule is CC(C)CCCC(C)CCCC(C)CCCC(C)CCSCCCOP(=O)(O)OCC[N+](C)(C)C. The van der Waals surface area contributed by atoms with Crippen LogP contribution in [0.1, 0.15) is 105 Å². The van der Waals surface area contributed by atoms with Gasteiger partial charge in [-0.05, 0) is 48.0 Å². The highest BCUT2D eigenvalue weighted by Gasteiger charge is 2.22. The molecule has 0 aromatic rings. The standard InChI is InChI=1S/C28H60NO4PS/c1-25(2)13-9-14-26(3)15-10-16-27(4)17-11-18-28(5)19-24-35-23-12-21-32-34(30,31)33-22-20-29(6,7)8/h25-28H,9-24H2,1-8H3/p+1. The number of phosphoric acid groups is 1. The highest BCUT2D eigenvalue weighted by atomic mass is 32.2. The van der Waals surface area contributed by atoms with E-state index in [0.717, 1.165) is 41.6 Å². The molecule has 1 N–H and O–H groups in total. The molecule has 0 saturated heterocycles. The Kier molecular flexibility index (Phi) is 20.6. The van der Waals surface area contributed by atoms with E-state index in [9.17, 15) is 9.46 Å². The van der Waals surface area contributed by atoms with E-state index in [0.29, 0.717) is 11.0 Å². The first-order valence-corrected chi connectivity index (χ1v) is 17.0. The van der Waals surface area contributed by atoms with Crippen LogP contribution in [0, 0.1) is 23.7 Å². The molecule has 0 amide bonds. The molecule has 0 radical (unpaired) electrons. The summed E-state index contributed by atoms with van der Waals surface area (Å²) >= 11 is 1.92. The fraction of sp³-hybridized carbons (Fsp3) is 1.00. The van der Waals surface area contributed by atoms with E-state index in [1.54, 1.807) is 0 Å². The normalized spacial score (nSPS) is 16.9. The van der Waals surface area contributed by atoms with Gasteiger partial charge in [-0.3, -0.25) is 9.05 Å². The Bertz CT molecular complexity index is 542. The third-order valence-corrected chi connectivity index (χ3v) is 8.84. The van der Waals surface area contributed by atoms with Crippen LogP contribution >= 0.6 is 19.6 Å². The van der Waals surface area contributed by atoms with Gasteiger partial charge in [0.25, 0.3) is 0 Å². The Morgan fingerprint density at radius 3 is 1.63 bits per heavy atom. The monoisotopic (exact) mass is 538 g/mol. The predicted octanol–water partition coefficient (Wildman–Crippen LogP) is 8.41. The number of hydrogen-bond acceptors (Lipinski definition) is 4. The molecule has 0 spiro atoms. The second-order valence-corrected chi connectivity index (χ2v) is 15.1. The lowest BCUT2D eigenvalue weighted by atomic mass is 9.91. The predicted molar refractivity (Wildman–Crippen MR) is 155 cm³/mol. The highest BCUT2D eigenvalue weighted by Crippen LogP contribution is 2.43. The lowest BCUT2D eigenvalue weighted by Crippen LogP contribution is -2.37. The third-order valence-electron chi connectivity index (χ3n) is 6.73. The van der Waals surface area contributed by atoms with E-state index in [1.165, 1.54) is 64.2 Å². The molecule has 4 atom stereocenters. The number of quaternary nitrogens is 1. The fourth-order valence-corrected chi connectivity index (χ4v) is 5.97. The van der Waals surface area contributed by atoms with E-state index >= 15 is 0 Å². The van der Waals surface area contributed by atoms with Crippen molar-refractivity contribution < 1.29 is 23.0 Å². The minimum Gasteiger partial charge on any atom is -0.329 e. The number of hydrogen-bond donors (Lipinski definition) is 1. The first-order chi connectivity index (χ1) is 16.3. The van der Waals surface area contributed by atoms with Crippen molar-refractivity contribution in [2.24, 2.45) is 23.7 Å². The number of nitrogens with zero attached hydrogens (tertiary/aromatic N) is 1. The van der Waals surface area contributed by atoms with Crippen molar-refractivity contribution in [1.29, 1.82) is 0 Å². The minimum atomic E-state index is -3.91. The van der Waals surface area contributed by atoms with Crippen molar-refractivity contribution in [3.63, 3.8) is 0 Å². The number of likely N-dealkylation sites (N-methyl/N-ethyl adjacent to an activating group) is 1. The van der Waals surface area contributed by atoms with Gasteiger partial charge in [-0.25, -0.2) is 4.57 Å². The molecule has 5 nitrogen and oxygen atoms in total. The number of thioether (sulfide) groups is 1. The quantitative estimate of drug-likeness (QED) is 0.0759. The molecule has 212 valence electrons. The van der Waals surface area contributed by atoms with Crippen molar-refractivity contribution in [3.8, 4) is 0 Å². The van der Waals surface area contributed by atoms with Gasteiger partial charge in [0.15, 0.2) is 0 Å². The van der Waals surface area contributed by atoms with Gasteiger partial charge in [-0.1, -0.05) is 92.4 Å². The molecule has 0 fully saturated rings. The summed E-state index contributed by atoms with van der Waals surface area (Å²) < 4.78 is 22.7. The molecular formula is C28H61NO4PS+. The van der Waals surface area contributed by atoms with Crippen molar-refractivity contribution >= 4 is 19.6 Å². The van der Waals surface area contributed by atoms with E-state index in [-0.39, 0.29) is 13.2 Å². The lowest BCUT2D eigenvalue weighted by Gasteiger charge is -2.24. The van der Waals surface area contributed by atoms with Gasteiger partial charge in [0, 0.05) is 0 Å². The van der Waals surface area contributed by atoms with Gasteiger partial charge in [0.05, 0.1) is 27.7 Å². The molecule has 0 saturated carbocycles. The van der Waals surface area contributed by atoms with Gasteiger partial charge in [-0.2, -0.15) is 11.8 Å². The Morgan fingerprint density at radius 2 is 1.14 bits per heavy atom. The van der Waals surface area contributed by atoms with Crippen molar-refractivity contribution in [2.75, 3.05) is 52.4 Å². The van der Waals surface area contributed by atoms with Crippen LogP contribution in [0.15, 0.2) is 0 Å². The van der Waals surface area contributed by atoms with E-state index in [4.69, 9.17) is 9.05 Å². The van der Waals surface area contributed by atoms with Crippen molar-refractivity contribution in [2.45, 2.75) is 105 Å². The maximum Gasteiger partial charge on any atom is 0.472 e. The minimum absolute atomic E-state index is 0.223. The summed E-state index contributed by atoms with van der Waals surface area (Å²) in [7, 11) is 2.14. The second kappa shape index (κ2) is 20.4. The van der Waals surface area contributed by atoms with Crippen LogP contribution in [0.3, 0.4) is 0 Å². The molecule has 4 unspecified atom stereocenters. The summed E-state index contributed by atoms with van der Waals surface area (Å²) in [4.78, 5) is 9.73. The third kappa shape index (κ3) is 25.8. The molecule has 7 heteroatoms.